The molecule has 1 aliphatic carbocycles. The summed E-state index contributed by atoms with van der Waals surface area (Å²) in [5, 5.41) is 9.02. The third-order valence-corrected chi connectivity index (χ3v) is 1.21. The zero-order valence-corrected chi connectivity index (χ0v) is 5.24. The number of aliphatic hydroxyl groups is 1. The molecule has 0 spiro atoms. The van der Waals surface area contributed by atoms with Crippen molar-refractivity contribution in [1.82, 2.24) is 0 Å². The summed E-state index contributed by atoms with van der Waals surface area (Å²) in [5.74, 6) is 0. The van der Waals surface area contributed by atoms with E-state index in [1.165, 1.54) is 0 Å². The molecule has 0 aliphatic heterocycles. The first-order chi connectivity index (χ1) is 4.34. The van der Waals surface area contributed by atoms with Gasteiger partial charge in [0.05, 0.1) is 0 Å². The van der Waals surface area contributed by atoms with Crippen molar-refractivity contribution in [2.24, 2.45) is 0 Å². The van der Waals surface area contributed by atoms with Gasteiger partial charge < -0.3 is 9.84 Å². The molecule has 1 aliphatic rings. The van der Waals surface area contributed by atoms with Gasteiger partial charge in [0.25, 0.3) is 0 Å². The zero-order valence-electron chi connectivity index (χ0n) is 5.24. The monoisotopic (exact) mass is 125 g/mol. The molecule has 0 aromatic heterocycles. The number of hydrogen-bond donors (Lipinski definition) is 1. The molecule has 2 nitrogen and oxygen atoms in total. The van der Waals surface area contributed by atoms with Crippen molar-refractivity contribution in [2.45, 2.75) is 6.10 Å². The van der Waals surface area contributed by atoms with Gasteiger partial charge in [-0.25, -0.2) is 0 Å². The minimum atomic E-state index is -0.241. The van der Waals surface area contributed by atoms with E-state index in [0.29, 0.717) is 0 Å². The third-order valence-electron chi connectivity index (χ3n) is 1.21. The second kappa shape index (κ2) is 2.80. The summed E-state index contributed by atoms with van der Waals surface area (Å²) in [5.41, 5.74) is 0. The molecule has 0 fully saturated rings. The van der Waals surface area contributed by atoms with Gasteiger partial charge in [-0.15, -0.1) is 0 Å². The predicted octanol–water partition coefficient (Wildman–Crippen LogP) is 1.03. The van der Waals surface area contributed by atoms with E-state index < -0.39 is 0 Å². The van der Waals surface area contributed by atoms with Gasteiger partial charge in [-0.3, -0.25) is 0 Å². The Morgan fingerprint density at radius 2 is 2.33 bits per heavy atom. The molecule has 1 atom stereocenters. The summed E-state index contributed by atoms with van der Waals surface area (Å²) in [6, 6.07) is 0. The van der Waals surface area contributed by atoms with Gasteiger partial charge in [0.1, 0.15) is 12.2 Å². The molecule has 1 unspecified atom stereocenters. The van der Waals surface area contributed by atoms with Gasteiger partial charge in [-0.05, 0) is 6.08 Å². The van der Waals surface area contributed by atoms with Crippen molar-refractivity contribution >= 4 is 0 Å². The molecule has 0 saturated carbocycles. The number of methoxy groups -OCH3 is 1. The van der Waals surface area contributed by atoms with Crippen molar-refractivity contribution in [3.8, 4) is 0 Å². The van der Waals surface area contributed by atoms with E-state index in [0.717, 1.165) is 0 Å². The van der Waals surface area contributed by atoms with Gasteiger partial charge in [-0.1, -0.05) is 18.2 Å². The van der Waals surface area contributed by atoms with E-state index in [4.69, 9.17) is 9.84 Å². The molecule has 2 heteroatoms. The number of allylic oxidation sites excluding steroid dienone is 2. The topological polar surface area (TPSA) is 29.5 Å². The van der Waals surface area contributed by atoms with Crippen LogP contribution in [0.4, 0.5) is 0 Å². The maximum atomic E-state index is 9.02. The Hall–Kier alpha value is -0.600. The van der Waals surface area contributed by atoms with Crippen molar-refractivity contribution in [1.29, 1.82) is 0 Å². The van der Waals surface area contributed by atoms with Crippen LogP contribution in [0.2, 0.25) is 0 Å². The molecule has 9 heavy (non-hydrogen) atoms. The Morgan fingerprint density at radius 3 is 2.78 bits per heavy atom. The number of rotatable bonds is 1. The fraction of sp³-hybridized carbons (Fsp3) is 0.286. The number of hydrogen-bond acceptors (Lipinski definition) is 2. The van der Waals surface area contributed by atoms with Crippen LogP contribution < -0.4 is 0 Å². The van der Waals surface area contributed by atoms with Crippen LogP contribution in [0.15, 0.2) is 24.3 Å². The molecule has 1 N–H and O–H groups in total. The second-order valence-electron chi connectivity index (χ2n) is 1.83. The highest BCUT2D eigenvalue weighted by Crippen LogP contribution is 2.13. The normalized spacial score (nSPS) is 27.1. The third kappa shape index (κ3) is 1.40. The molecule has 1 rings (SSSR count). The summed E-state index contributed by atoms with van der Waals surface area (Å²) in [6.45, 7) is 0. The molecular weight excluding hydrogens is 116 g/mol. The van der Waals surface area contributed by atoms with Crippen LogP contribution in [0.25, 0.3) is 0 Å². The quantitative estimate of drug-likeness (QED) is 0.567. The SMILES string of the molecule is COC1C=CC=C[C]1O. The van der Waals surface area contributed by atoms with Crippen LogP contribution in [0, 0.1) is 6.10 Å². The van der Waals surface area contributed by atoms with Crippen molar-refractivity contribution in [3.05, 3.63) is 30.4 Å². The lowest BCUT2D eigenvalue weighted by molar-refractivity contribution is 0.0979. The first-order valence-electron chi connectivity index (χ1n) is 2.78. The van der Waals surface area contributed by atoms with Crippen molar-refractivity contribution < 1.29 is 9.84 Å². The molecular formula is C7H9O2. The predicted molar refractivity (Wildman–Crippen MR) is 34.3 cm³/mol. The smallest absolute Gasteiger partial charge is 0.148 e. The first-order valence-corrected chi connectivity index (χ1v) is 2.78. The van der Waals surface area contributed by atoms with Crippen LogP contribution in [0.5, 0.6) is 0 Å². The van der Waals surface area contributed by atoms with Crippen LogP contribution in [-0.4, -0.2) is 18.3 Å². The molecule has 0 amide bonds. The van der Waals surface area contributed by atoms with Crippen LogP contribution >= 0.6 is 0 Å². The molecule has 49 valence electrons. The van der Waals surface area contributed by atoms with Crippen LogP contribution in [0.1, 0.15) is 0 Å². The number of aliphatic hydroxyl groups excluding tert-OH is 1. The summed E-state index contributed by atoms with van der Waals surface area (Å²) in [7, 11) is 1.56. The zero-order chi connectivity index (χ0) is 6.69. The first kappa shape index (κ1) is 6.52. The Kier molecular flexibility index (Phi) is 2.03. The minimum Gasteiger partial charge on any atom is -0.379 e. The highest BCUT2D eigenvalue weighted by Gasteiger charge is 2.14. The number of ether oxygens (including phenoxy) is 1. The van der Waals surface area contributed by atoms with Gasteiger partial charge in [0.15, 0.2) is 0 Å². The van der Waals surface area contributed by atoms with E-state index in [1.807, 2.05) is 6.08 Å². The fourth-order valence-electron chi connectivity index (χ4n) is 0.712. The summed E-state index contributed by atoms with van der Waals surface area (Å²) < 4.78 is 4.88. The van der Waals surface area contributed by atoms with E-state index in [-0.39, 0.29) is 12.2 Å². The van der Waals surface area contributed by atoms with Crippen LogP contribution in [-0.2, 0) is 4.74 Å². The molecule has 0 aromatic carbocycles. The average molecular weight is 125 g/mol. The molecule has 1 radical (unpaired) electrons. The standard InChI is InChI=1S/C7H9O2/c1-9-7-5-3-2-4-6(7)8/h2-5,7-8H,1H3. The van der Waals surface area contributed by atoms with E-state index in [1.54, 1.807) is 25.3 Å². The van der Waals surface area contributed by atoms with E-state index in [2.05, 4.69) is 0 Å². The van der Waals surface area contributed by atoms with Gasteiger partial charge in [-0.2, -0.15) is 0 Å². The summed E-state index contributed by atoms with van der Waals surface area (Å²) in [4.78, 5) is 0. The highest BCUT2D eigenvalue weighted by atomic mass is 16.5. The highest BCUT2D eigenvalue weighted by molar-refractivity contribution is 5.24. The molecule has 0 heterocycles. The lowest BCUT2D eigenvalue weighted by atomic mass is 10.1. The summed E-state index contributed by atoms with van der Waals surface area (Å²) >= 11 is 0. The fourth-order valence-corrected chi connectivity index (χ4v) is 0.712. The van der Waals surface area contributed by atoms with Crippen molar-refractivity contribution in [3.63, 3.8) is 0 Å². The van der Waals surface area contributed by atoms with Crippen molar-refractivity contribution in [2.75, 3.05) is 7.11 Å². The molecule has 0 aromatic rings. The maximum absolute atomic E-state index is 9.02. The Morgan fingerprint density at radius 1 is 1.56 bits per heavy atom. The minimum absolute atomic E-state index is 0.241. The lowest BCUT2D eigenvalue weighted by Gasteiger charge is -2.15. The van der Waals surface area contributed by atoms with Gasteiger partial charge >= 0.3 is 0 Å². The largest absolute Gasteiger partial charge is 0.379 e. The van der Waals surface area contributed by atoms with Gasteiger partial charge in [0, 0.05) is 7.11 Å². The Balaban J connectivity index is 2.55. The Bertz CT molecular complexity index is 138. The van der Waals surface area contributed by atoms with E-state index >= 15 is 0 Å². The van der Waals surface area contributed by atoms with E-state index in [9.17, 15) is 0 Å². The average Bonchev–Trinajstić information content (AvgIpc) is 1.89. The molecule has 0 bridgehead atoms. The lowest BCUT2D eigenvalue weighted by Crippen LogP contribution is -2.17. The summed E-state index contributed by atoms with van der Waals surface area (Å²) in [6.07, 6.45) is 7.04. The second-order valence-corrected chi connectivity index (χ2v) is 1.83. The van der Waals surface area contributed by atoms with Gasteiger partial charge in [0.2, 0.25) is 0 Å². The maximum Gasteiger partial charge on any atom is 0.148 e. The van der Waals surface area contributed by atoms with Crippen LogP contribution in [0.3, 0.4) is 0 Å². The Labute approximate surface area is 54.5 Å². The molecule has 0 saturated heterocycles.